The summed E-state index contributed by atoms with van der Waals surface area (Å²) in [5, 5.41) is 8.57. The Morgan fingerprint density at radius 2 is 1.90 bits per heavy atom. The number of benzene rings is 1. The van der Waals surface area contributed by atoms with Gasteiger partial charge in [-0.25, -0.2) is 12.8 Å². The molecule has 0 aromatic heterocycles. The maximum absolute atomic E-state index is 13.1. The van der Waals surface area contributed by atoms with E-state index in [0.717, 1.165) is 12.1 Å². The van der Waals surface area contributed by atoms with Crippen molar-refractivity contribution in [3.8, 4) is 0 Å². The number of sulfonamides is 1. The number of carbonyl (C=O) groups is 1. The van der Waals surface area contributed by atoms with E-state index in [1.165, 1.54) is 6.92 Å². The van der Waals surface area contributed by atoms with Gasteiger partial charge in [0.15, 0.2) is 0 Å². The lowest BCUT2D eigenvalue weighted by atomic mass is 10.2. The van der Waals surface area contributed by atoms with Gasteiger partial charge in [0.2, 0.25) is 10.0 Å². The number of halogens is 4. The summed E-state index contributed by atoms with van der Waals surface area (Å²) < 4.78 is 74.3. The molecule has 0 spiro atoms. The third kappa shape index (κ3) is 4.67. The summed E-state index contributed by atoms with van der Waals surface area (Å²) in [7, 11) is -4.79. The van der Waals surface area contributed by atoms with Crippen LogP contribution in [0.5, 0.6) is 0 Å². The second-order valence-corrected chi connectivity index (χ2v) is 6.10. The summed E-state index contributed by atoms with van der Waals surface area (Å²) in [6, 6.07) is 2.57. The van der Waals surface area contributed by atoms with Crippen molar-refractivity contribution in [3.05, 3.63) is 29.6 Å². The number of alkyl halides is 3. The van der Waals surface area contributed by atoms with Gasteiger partial charge in [-0.3, -0.25) is 4.79 Å². The van der Waals surface area contributed by atoms with Crippen LogP contribution in [0.2, 0.25) is 0 Å². The fraction of sp³-hybridized carbons (Fsp3) is 0.364. The van der Waals surface area contributed by atoms with Crippen LogP contribution in [0.15, 0.2) is 23.1 Å². The van der Waals surface area contributed by atoms with Crippen LogP contribution in [-0.2, 0) is 14.8 Å². The monoisotopic (exact) mass is 329 g/mol. The summed E-state index contributed by atoms with van der Waals surface area (Å²) in [5.74, 6) is -2.71. The van der Waals surface area contributed by atoms with E-state index in [-0.39, 0.29) is 9.87 Å². The number of hydrogen-bond acceptors (Lipinski definition) is 3. The highest BCUT2D eigenvalue weighted by Gasteiger charge is 2.38. The van der Waals surface area contributed by atoms with Crippen molar-refractivity contribution in [2.24, 2.45) is 0 Å². The Morgan fingerprint density at radius 1 is 1.33 bits per heavy atom. The first kappa shape index (κ1) is 17.4. The molecule has 0 aliphatic carbocycles. The fourth-order valence-electron chi connectivity index (χ4n) is 1.57. The normalized spacial score (nSPS) is 12.7. The van der Waals surface area contributed by atoms with E-state index >= 15 is 0 Å². The minimum Gasteiger partial charge on any atom is -0.480 e. The van der Waals surface area contributed by atoms with Gasteiger partial charge in [-0.1, -0.05) is 6.07 Å². The van der Waals surface area contributed by atoms with Crippen molar-refractivity contribution >= 4 is 16.0 Å². The van der Waals surface area contributed by atoms with E-state index in [4.69, 9.17) is 5.11 Å². The number of carboxylic acid groups (broad SMARTS) is 1. The maximum atomic E-state index is 13.1. The molecule has 1 rings (SSSR count). The van der Waals surface area contributed by atoms with Crippen molar-refractivity contribution < 1.29 is 35.9 Å². The quantitative estimate of drug-likeness (QED) is 0.836. The van der Waals surface area contributed by atoms with Gasteiger partial charge in [0.1, 0.15) is 18.9 Å². The summed E-state index contributed by atoms with van der Waals surface area (Å²) in [5.41, 5.74) is 0.00830. The molecule has 0 saturated carbocycles. The molecular weight excluding hydrogens is 318 g/mol. The van der Waals surface area contributed by atoms with Crippen LogP contribution in [0, 0.1) is 12.7 Å². The van der Waals surface area contributed by atoms with E-state index in [1.807, 2.05) is 0 Å². The lowest BCUT2D eigenvalue weighted by molar-refractivity contribution is -0.146. The zero-order chi connectivity index (χ0) is 16.4. The molecule has 10 heteroatoms. The summed E-state index contributed by atoms with van der Waals surface area (Å²) in [6.45, 7) is -2.09. The van der Waals surface area contributed by atoms with Crippen LogP contribution in [0.1, 0.15) is 5.56 Å². The fourth-order valence-corrected chi connectivity index (χ4v) is 3.18. The average Bonchev–Trinajstić information content (AvgIpc) is 2.29. The molecule has 1 aromatic carbocycles. The standard InChI is InChI=1S/C11H11F4NO4S/c1-7-2-3-8(12)4-9(7)21(19,20)16(5-10(17)18)6-11(13,14)15/h2-4H,5-6H2,1H3,(H,17,18). The second kappa shape index (κ2) is 5.98. The lowest BCUT2D eigenvalue weighted by Gasteiger charge is -2.22. The topological polar surface area (TPSA) is 74.7 Å². The molecule has 0 aliphatic rings. The van der Waals surface area contributed by atoms with Crippen LogP contribution in [0.25, 0.3) is 0 Å². The molecule has 0 amide bonds. The van der Waals surface area contributed by atoms with E-state index in [9.17, 15) is 30.8 Å². The Balaban J connectivity index is 3.32. The molecule has 0 aliphatic heterocycles. The number of aliphatic carboxylic acids is 1. The molecule has 5 nitrogen and oxygen atoms in total. The van der Waals surface area contributed by atoms with Crippen LogP contribution in [0.3, 0.4) is 0 Å². The van der Waals surface area contributed by atoms with Crippen LogP contribution < -0.4 is 0 Å². The molecule has 0 saturated heterocycles. The molecule has 118 valence electrons. The predicted octanol–water partition coefficient (Wildman–Crippen LogP) is 1.77. The first-order valence-electron chi connectivity index (χ1n) is 5.48. The molecule has 0 unspecified atom stereocenters. The molecule has 21 heavy (non-hydrogen) atoms. The van der Waals surface area contributed by atoms with Crippen LogP contribution >= 0.6 is 0 Å². The lowest BCUT2D eigenvalue weighted by Crippen LogP contribution is -2.42. The highest BCUT2D eigenvalue weighted by Crippen LogP contribution is 2.25. The summed E-state index contributed by atoms with van der Waals surface area (Å²) in [4.78, 5) is 9.88. The van der Waals surface area contributed by atoms with Gasteiger partial charge in [-0.2, -0.15) is 17.5 Å². The van der Waals surface area contributed by atoms with Crippen molar-refractivity contribution in [1.82, 2.24) is 4.31 Å². The predicted molar refractivity (Wildman–Crippen MR) is 63.6 cm³/mol. The first-order chi connectivity index (χ1) is 9.43. The van der Waals surface area contributed by atoms with Crippen molar-refractivity contribution in [1.29, 1.82) is 0 Å². The third-order valence-electron chi connectivity index (χ3n) is 2.44. The molecule has 0 atom stereocenters. The zero-order valence-electron chi connectivity index (χ0n) is 10.7. The minimum absolute atomic E-state index is 0.00830. The van der Waals surface area contributed by atoms with Crippen LogP contribution in [0.4, 0.5) is 17.6 Å². The van der Waals surface area contributed by atoms with Crippen LogP contribution in [-0.4, -0.2) is 43.1 Å². The Morgan fingerprint density at radius 3 is 2.38 bits per heavy atom. The first-order valence-corrected chi connectivity index (χ1v) is 6.92. The minimum atomic E-state index is -4.93. The van der Waals surface area contributed by atoms with E-state index in [2.05, 4.69) is 0 Å². The maximum Gasteiger partial charge on any atom is 0.402 e. The Bertz CT molecular complexity index is 642. The second-order valence-electron chi connectivity index (χ2n) is 4.19. The van der Waals surface area contributed by atoms with Gasteiger partial charge < -0.3 is 5.11 Å². The van der Waals surface area contributed by atoms with Gasteiger partial charge in [-0.05, 0) is 24.6 Å². The molecule has 1 N–H and O–H groups in total. The summed E-state index contributed by atoms with van der Waals surface area (Å²) >= 11 is 0. The SMILES string of the molecule is Cc1ccc(F)cc1S(=O)(=O)N(CC(=O)O)CC(F)(F)F. The van der Waals surface area contributed by atoms with E-state index in [0.29, 0.717) is 6.07 Å². The van der Waals surface area contributed by atoms with Crippen molar-refractivity contribution in [2.75, 3.05) is 13.1 Å². The third-order valence-corrected chi connectivity index (χ3v) is 4.37. The molecule has 0 radical (unpaired) electrons. The number of rotatable bonds is 5. The molecule has 0 fully saturated rings. The largest absolute Gasteiger partial charge is 0.480 e. The Kier molecular flexibility index (Phi) is 4.95. The van der Waals surface area contributed by atoms with Gasteiger partial charge >= 0.3 is 12.1 Å². The van der Waals surface area contributed by atoms with Crippen molar-refractivity contribution in [2.45, 2.75) is 18.0 Å². The molecular formula is C11H11F4NO4S. The number of nitrogens with zero attached hydrogens (tertiary/aromatic N) is 1. The molecule has 1 aromatic rings. The number of hydrogen-bond donors (Lipinski definition) is 1. The molecule has 0 bridgehead atoms. The van der Waals surface area contributed by atoms with E-state index in [1.54, 1.807) is 0 Å². The van der Waals surface area contributed by atoms with Gasteiger partial charge in [0, 0.05) is 0 Å². The summed E-state index contributed by atoms with van der Waals surface area (Å²) in [6.07, 6.45) is -4.93. The Labute approximate surface area is 117 Å². The Hall–Kier alpha value is -1.68. The molecule has 0 heterocycles. The average molecular weight is 329 g/mol. The highest BCUT2D eigenvalue weighted by atomic mass is 32.2. The highest BCUT2D eigenvalue weighted by molar-refractivity contribution is 7.89. The van der Waals surface area contributed by atoms with E-state index < -0.39 is 46.0 Å². The number of carboxylic acids is 1. The van der Waals surface area contributed by atoms with Crippen molar-refractivity contribution in [3.63, 3.8) is 0 Å². The smallest absolute Gasteiger partial charge is 0.402 e. The van der Waals surface area contributed by atoms with Gasteiger partial charge in [0.05, 0.1) is 4.90 Å². The number of aryl methyl sites for hydroxylation is 1. The zero-order valence-corrected chi connectivity index (χ0v) is 11.5. The van der Waals surface area contributed by atoms with Gasteiger partial charge in [0.25, 0.3) is 0 Å². The van der Waals surface area contributed by atoms with Gasteiger partial charge in [-0.15, -0.1) is 0 Å².